The third kappa shape index (κ3) is 8.55. The van der Waals surface area contributed by atoms with Gasteiger partial charge in [0.2, 0.25) is 5.91 Å². The second-order valence-corrected chi connectivity index (χ2v) is 12.6. The van der Waals surface area contributed by atoms with Crippen molar-refractivity contribution in [2.24, 2.45) is 0 Å². The molecule has 1 aliphatic rings. The number of amides is 4. The van der Waals surface area contributed by atoms with Crippen LogP contribution in [0.2, 0.25) is 5.02 Å². The number of piperazine rings is 1. The van der Waals surface area contributed by atoms with Crippen LogP contribution in [-0.2, 0) is 9.53 Å². The molecular formula is C36H41ClFN7O8. The van der Waals surface area contributed by atoms with E-state index in [4.69, 9.17) is 30.8 Å². The van der Waals surface area contributed by atoms with Crippen LogP contribution < -0.4 is 35.6 Å². The lowest BCUT2D eigenvalue weighted by molar-refractivity contribution is -0.136. The van der Waals surface area contributed by atoms with E-state index in [1.807, 2.05) is 0 Å². The average Bonchev–Trinajstić information content (AvgIpc) is 3.15. The summed E-state index contributed by atoms with van der Waals surface area (Å²) in [5.74, 6) is -0.0801. The van der Waals surface area contributed by atoms with E-state index >= 15 is 0 Å². The maximum Gasteiger partial charge on any atom is 0.407 e. The van der Waals surface area contributed by atoms with E-state index in [0.717, 1.165) is 0 Å². The number of fused-ring (bicyclic) bond motifs is 1. The summed E-state index contributed by atoms with van der Waals surface area (Å²) < 4.78 is 31.1. The van der Waals surface area contributed by atoms with Gasteiger partial charge in [-0.1, -0.05) is 11.6 Å². The summed E-state index contributed by atoms with van der Waals surface area (Å²) in [5.41, 5.74) is 0.488. The molecule has 0 aliphatic carbocycles. The maximum absolute atomic E-state index is 14.4. The Kier molecular flexibility index (Phi) is 12.3. The lowest BCUT2D eigenvalue weighted by Crippen LogP contribution is -2.61. The summed E-state index contributed by atoms with van der Waals surface area (Å²) in [5, 5.41) is 17.8. The summed E-state index contributed by atoms with van der Waals surface area (Å²) >= 11 is 6.31. The highest BCUT2D eigenvalue weighted by Gasteiger charge is 2.35. The van der Waals surface area contributed by atoms with Gasteiger partial charge in [0.15, 0.2) is 5.82 Å². The van der Waals surface area contributed by atoms with Crippen molar-refractivity contribution in [1.82, 2.24) is 19.9 Å². The van der Waals surface area contributed by atoms with Gasteiger partial charge in [-0.25, -0.2) is 23.6 Å². The van der Waals surface area contributed by atoms with Crippen molar-refractivity contribution in [3.05, 3.63) is 87.7 Å². The molecule has 3 atom stereocenters. The molecule has 0 saturated carbocycles. The van der Waals surface area contributed by atoms with Crippen molar-refractivity contribution in [2.75, 3.05) is 62.2 Å². The van der Waals surface area contributed by atoms with Gasteiger partial charge in [0, 0.05) is 29.9 Å². The molecule has 2 heterocycles. The first-order chi connectivity index (χ1) is 25.4. The number of methoxy groups -OCH3 is 2. The van der Waals surface area contributed by atoms with Gasteiger partial charge in [0.05, 0.1) is 62.7 Å². The Bertz CT molecular complexity index is 2020. The molecule has 1 fully saturated rings. The molecule has 3 aromatic carbocycles. The summed E-state index contributed by atoms with van der Waals surface area (Å²) in [7, 11) is 2.94. The van der Waals surface area contributed by atoms with Gasteiger partial charge in [0.25, 0.3) is 5.56 Å². The van der Waals surface area contributed by atoms with Crippen molar-refractivity contribution in [3.63, 3.8) is 0 Å². The molecule has 1 aliphatic heterocycles. The molecule has 1 saturated heterocycles. The topological polar surface area (TPSA) is 168 Å². The number of rotatable bonds is 11. The van der Waals surface area contributed by atoms with E-state index < -0.39 is 47.6 Å². The number of anilines is 2. The minimum absolute atomic E-state index is 0.0856. The quantitative estimate of drug-likeness (QED) is 0.201. The molecule has 1 aromatic heterocycles. The molecule has 3 N–H and O–H groups in total. The van der Waals surface area contributed by atoms with Crippen LogP contribution in [0.5, 0.6) is 11.5 Å². The predicted octanol–water partition coefficient (Wildman–Crippen LogP) is 4.28. The van der Waals surface area contributed by atoms with Crippen LogP contribution in [-0.4, -0.2) is 96.8 Å². The number of aliphatic hydroxyl groups excluding tert-OH is 1. The Morgan fingerprint density at radius 1 is 1.00 bits per heavy atom. The number of nitrogens with one attached hydrogen (secondary N) is 2. The number of alkyl carbamates (subject to hydrolysis) is 1. The van der Waals surface area contributed by atoms with Gasteiger partial charge in [-0.2, -0.15) is 0 Å². The van der Waals surface area contributed by atoms with Crippen LogP contribution >= 0.6 is 11.6 Å². The monoisotopic (exact) mass is 753 g/mol. The first-order valence-electron chi connectivity index (χ1n) is 16.8. The van der Waals surface area contributed by atoms with Gasteiger partial charge in [0.1, 0.15) is 23.4 Å². The van der Waals surface area contributed by atoms with E-state index in [1.165, 1.54) is 66.0 Å². The van der Waals surface area contributed by atoms with E-state index in [-0.39, 0.29) is 49.7 Å². The van der Waals surface area contributed by atoms with Crippen molar-refractivity contribution < 1.29 is 38.1 Å². The second-order valence-electron chi connectivity index (χ2n) is 12.1. The zero-order valence-electron chi connectivity index (χ0n) is 29.8. The number of hydrogen-bond acceptors (Lipinski definition) is 10. The molecule has 0 spiro atoms. The number of halogens is 2. The average molecular weight is 754 g/mol. The maximum atomic E-state index is 14.4. The predicted molar refractivity (Wildman–Crippen MR) is 197 cm³/mol. The molecule has 282 valence electrons. The molecule has 4 aromatic rings. The number of benzene rings is 3. The Morgan fingerprint density at radius 2 is 1.70 bits per heavy atom. The summed E-state index contributed by atoms with van der Waals surface area (Å²) in [6.45, 7) is 5.29. The Balaban J connectivity index is 1.57. The van der Waals surface area contributed by atoms with Crippen LogP contribution in [0.25, 0.3) is 10.9 Å². The Labute approximate surface area is 309 Å². The smallest absolute Gasteiger partial charge is 0.407 e. The summed E-state index contributed by atoms with van der Waals surface area (Å²) in [6.07, 6.45) is -2.05. The van der Waals surface area contributed by atoms with Gasteiger partial charge in [-0.3, -0.25) is 14.5 Å². The number of urea groups is 1. The highest BCUT2D eigenvalue weighted by molar-refractivity contribution is 6.31. The van der Waals surface area contributed by atoms with Crippen molar-refractivity contribution >= 4 is 51.9 Å². The SMILES string of the molecule is CCOC(=O)N[C@H](C(=O)N1CCN(n2c(C(C)N(C(=O)Nc3ccc(F)cc3)c3ccc(OC)cc3OC)nc3ccc(Cl)cc3c2=O)CC1)[C@@H](C)O. The minimum Gasteiger partial charge on any atom is -0.497 e. The minimum atomic E-state index is -1.25. The first kappa shape index (κ1) is 38.6. The van der Waals surface area contributed by atoms with Crippen LogP contribution in [0.4, 0.5) is 25.4 Å². The second kappa shape index (κ2) is 16.8. The highest BCUT2D eigenvalue weighted by Crippen LogP contribution is 2.37. The Morgan fingerprint density at radius 3 is 2.32 bits per heavy atom. The number of carbonyl (C=O) groups excluding carboxylic acids is 3. The first-order valence-corrected chi connectivity index (χ1v) is 17.2. The van der Waals surface area contributed by atoms with Crippen LogP contribution in [0, 0.1) is 5.82 Å². The Hall–Kier alpha value is -5.61. The molecule has 5 rings (SSSR count). The lowest BCUT2D eigenvalue weighted by atomic mass is 10.1. The molecule has 53 heavy (non-hydrogen) atoms. The summed E-state index contributed by atoms with van der Waals surface area (Å²) in [4.78, 5) is 62.0. The van der Waals surface area contributed by atoms with Gasteiger partial charge >= 0.3 is 12.1 Å². The zero-order valence-corrected chi connectivity index (χ0v) is 30.6. The van der Waals surface area contributed by atoms with Crippen molar-refractivity contribution in [1.29, 1.82) is 0 Å². The van der Waals surface area contributed by atoms with Gasteiger partial charge in [-0.05, 0) is 75.4 Å². The number of nitrogens with zero attached hydrogens (tertiary/aromatic N) is 5. The molecule has 4 amide bonds. The standard InChI is InChI=1S/C36H41ClFN7O8/c1-6-53-36(50)41-31(22(3)46)34(48)42-15-17-43(18-16-42)45-32(40-28-13-7-23(37)19-27(28)33(45)47)21(2)44(29-14-12-26(51-4)20-30(29)52-5)35(49)39-25-10-8-24(38)9-11-25/h7-14,19-22,31,46H,6,15-18H2,1-5H3,(H,39,49)(H,41,50)/t21?,22-,31+/m1/s1. The third-order valence-corrected chi connectivity index (χ3v) is 8.94. The fourth-order valence-electron chi connectivity index (χ4n) is 6.02. The normalized spacial score (nSPS) is 14.6. The molecule has 0 bridgehead atoms. The van der Waals surface area contributed by atoms with Crippen molar-refractivity contribution in [2.45, 2.75) is 39.0 Å². The molecule has 15 nitrogen and oxygen atoms in total. The molecule has 17 heteroatoms. The zero-order chi connectivity index (χ0) is 38.4. The number of aromatic nitrogens is 2. The number of ether oxygens (including phenoxy) is 3. The van der Waals surface area contributed by atoms with Gasteiger partial charge in [-0.15, -0.1) is 0 Å². The largest absolute Gasteiger partial charge is 0.497 e. The van der Waals surface area contributed by atoms with Crippen molar-refractivity contribution in [3.8, 4) is 11.5 Å². The lowest BCUT2D eigenvalue weighted by Gasteiger charge is -2.40. The van der Waals surface area contributed by atoms with E-state index in [9.17, 15) is 28.7 Å². The molecule has 1 unspecified atom stereocenters. The van der Waals surface area contributed by atoms with Crippen LogP contribution in [0.1, 0.15) is 32.6 Å². The molecular weight excluding hydrogens is 713 g/mol. The number of aliphatic hydroxyl groups is 1. The van der Waals surface area contributed by atoms with Crippen LogP contribution in [0.3, 0.4) is 0 Å². The van der Waals surface area contributed by atoms with E-state index in [2.05, 4.69) is 10.6 Å². The van der Waals surface area contributed by atoms with E-state index in [0.29, 0.717) is 27.7 Å². The number of carbonyl (C=O) groups is 3. The third-order valence-electron chi connectivity index (χ3n) is 8.70. The fourth-order valence-corrected chi connectivity index (χ4v) is 6.19. The number of hydrogen-bond donors (Lipinski definition) is 3. The van der Waals surface area contributed by atoms with Gasteiger partial charge < -0.3 is 39.9 Å². The summed E-state index contributed by atoms with van der Waals surface area (Å²) in [6, 6.07) is 12.0. The van der Waals surface area contributed by atoms with Crippen LogP contribution in [0.15, 0.2) is 65.5 Å². The highest BCUT2D eigenvalue weighted by atomic mass is 35.5. The van der Waals surface area contributed by atoms with E-state index in [1.54, 1.807) is 49.2 Å². The fraction of sp³-hybridized carbons (Fsp3) is 0.361. The molecule has 0 radical (unpaired) electrons.